The second-order valence-corrected chi connectivity index (χ2v) is 7.74. The van der Waals surface area contributed by atoms with Crippen molar-refractivity contribution in [2.24, 2.45) is 0 Å². The SMILES string of the molecule is Cc1cc(C)c(C(C)NS(=O)(=O)Cc2ccccc2F)cc1C. The maximum atomic E-state index is 13.6. The van der Waals surface area contributed by atoms with Crippen molar-refractivity contribution in [1.29, 1.82) is 0 Å². The minimum atomic E-state index is -3.63. The van der Waals surface area contributed by atoms with Crippen LogP contribution >= 0.6 is 0 Å². The summed E-state index contributed by atoms with van der Waals surface area (Å²) in [6, 6.07) is 9.60. The molecule has 2 aromatic rings. The van der Waals surface area contributed by atoms with Gasteiger partial charge in [0.2, 0.25) is 10.0 Å². The van der Waals surface area contributed by atoms with Crippen LogP contribution in [0.1, 0.15) is 40.8 Å². The lowest BCUT2D eigenvalue weighted by atomic mass is 9.97. The molecule has 0 aliphatic heterocycles. The van der Waals surface area contributed by atoms with E-state index in [1.165, 1.54) is 17.7 Å². The zero-order valence-electron chi connectivity index (χ0n) is 13.9. The molecule has 0 saturated heterocycles. The molecule has 3 nitrogen and oxygen atoms in total. The summed E-state index contributed by atoms with van der Waals surface area (Å²) >= 11 is 0. The minimum Gasteiger partial charge on any atom is -0.212 e. The molecule has 0 heterocycles. The molecule has 0 bridgehead atoms. The van der Waals surface area contributed by atoms with Crippen LogP contribution in [0.3, 0.4) is 0 Å². The molecule has 0 aliphatic rings. The first-order valence-corrected chi connectivity index (χ1v) is 9.16. The van der Waals surface area contributed by atoms with E-state index in [0.29, 0.717) is 0 Å². The summed E-state index contributed by atoms with van der Waals surface area (Å²) in [6.45, 7) is 7.79. The molecular formula is C18H22FNO2S. The van der Waals surface area contributed by atoms with Gasteiger partial charge in [-0.25, -0.2) is 17.5 Å². The molecule has 2 rings (SSSR count). The number of sulfonamides is 1. The fourth-order valence-electron chi connectivity index (χ4n) is 2.64. The summed E-state index contributed by atoms with van der Waals surface area (Å²) in [4.78, 5) is 0. The number of halogens is 1. The Morgan fingerprint density at radius 2 is 1.65 bits per heavy atom. The zero-order valence-corrected chi connectivity index (χ0v) is 14.7. The maximum absolute atomic E-state index is 13.6. The molecule has 0 aromatic heterocycles. The summed E-state index contributed by atoms with van der Waals surface area (Å²) in [5.41, 5.74) is 4.43. The van der Waals surface area contributed by atoms with Crippen LogP contribution < -0.4 is 4.72 Å². The molecule has 1 atom stereocenters. The van der Waals surface area contributed by atoms with Crippen molar-refractivity contribution in [3.63, 3.8) is 0 Å². The van der Waals surface area contributed by atoms with E-state index >= 15 is 0 Å². The molecule has 0 spiro atoms. The van der Waals surface area contributed by atoms with Gasteiger partial charge in [0.1, 0.15) is 5.82 Å². The summed E-state index contributed by atoms with van der Waals surface area (Å²) < 4.78 is 40.9. The summed E-state index contributed by atoms with van der Waals surface area (Å²) in [5, 5.41) is 0. The second kappa shape index (κ2) is 6.81. The summed E-state index contributed by atoms with van der Waals surface area (Å²) in [6.07, 6.45) is 0. The molecule has 1 unspecified atom stereocenters. The number of hydrogen-bond donors (Lipinski definition) is 1. The number of benzene rings is 2. The highest BCUT2D eigenvalue weighted by Gasteiger charge is 2.19. The molecular weight excluding hydrogens is 313 g/mol. The lowest BCUT2D eigenvalue weighted by molar-refractivity contribution is 0.561. The molecule has 0 radical (unpaired) electrons. The van der Waals surface area contributed by atoms with Gasteiger partial charge in [-0.15, -0.1) is 0 Å². The second-order valence-electron chi connectivity index (χ2n) is 5.98. The molecule has 0 amide bonds. The van der Waals surface area contributed by atoms with Crippen molar-refractivity contribution in [3.05, 3.63) is 70.0 Å². The largest absolute Gasteiger partial charge is 0.216 e. The average Bonchev–Trinajstić information content (AvgIpc) is 2.44. The Hall–Kier alpha value is -1.72. The van der Waals surface area contributed by atoms with E-state index in [-0.39, 0.29) is 17.4 Å². The van der Waals surface area contributed by atoms with Crippen LogP contribution in [0.4, 0.5) is 4.39 Å². The minimum absolute atomic E-state index is 0.170. The highest BCUT2D eigenvalue weighted by molar-refractivity contribution is 7.88. The van der Waals surface area contributed by atoms with E-state index in [0.717, 1.165) is 16.7 Å². The van der Waals surface area contributed by atoms with Crippen molar-refractivity contribution >= 4 is 10.0 Å². The lowest BCUT2D eigenvalue weighted by Gasteiger charge is -2.18. The third-order valence-electron chi connectivity index (χ3n) is 4.01. The van der Waals surface area contributed by atoms with E-state index in [9.17, 15) is 12.8 Å². The van der Waals surface area contributed by atoms with Gasteiger partial charge in [-0.05, 0) is 56.0 Å². The van der Waals surface area contributed by atoms with E-state index in [4.69, 9.17) is 0 Å². The number of aryl methyl sites for hydroxylation is 3. The van der Waals surface area contributed by atoms with Crippen LogP contribution in [0.25, 0.3) is 0 Å². The van der Waals surface area contributed by atoms with Crippen molar-refractivity contribution in [3.8, 4) is 0 Å². The van der Waals surface area contributed by atoms with Gasteiger partial charge in [0.15, 0.2) is 0 Å². The number of nitrogens with one attached hydrogen (secondary N) is 1. The monoisotopic (exact) mass is 335 g/mol. The Bertz CT molecular complexity index is 816. The van der Waals surface area contributed by atoms with Crippen LogP contribution in [-0.4, -0.2) is 8.42 Å². The van der Waals surface area contributed by atoms with Crippen molar-refractivity contribution in [1.82, 2.24) is 4.72 Å². The van der Waals surface area contributed by atoms with E-state index in [1.807, 2.05) is 32.9 Å². The summed E-state index contributed by atoms with van der Waals surface area (Å²) in [5.74, 6) is -0.874. The third-order valence-corrected chi connectivity index (χ3v) is 5.41. The van der Waals surface area contributed by atoms with Gasteiger partial charge >= 0.3 is 0 Å². The van der Waals surface area contributed by atoms with Gasteiger partial charge in [0.25, 0.3) is 0 Å². The van der Waals surface area contributed by atoms with Crippen LogP contribution in [0.15, 0.2) is 36.4 Å². The Kier molecular flexibility index (Phi) is 5.22. The molecule has 1 N–H and O–H groups in total. The van der Waals surface area contributed by atoms with Crippen LogP contribution in [0.2, 0.25) is 0 Å². The van der Waals surface area contributed by atoms with Gasteiger partial charge in [0, 0.05) is 11.6 Å². The van der Waals surface area contributed by atoms with Gasteiger partial charge in [-0.1, -0.05) is 30.3 Å². The van der Waals surface area contributed by atoms with E-state index < -0.39 is 15.8 Å². The van der Waals surface area contributed by atoms with Gasteiger partial charge in [-0.2, -0.15) is 0 Å². The molecule has 5 heteroatoms. The third kappa shape index (κ3) is 4.39. The molecule has 0 fully saturated rings. The first-order valence-electron chi connectivity index (χ1n) is 7.51. The highest BCUT2D eigenvalue weighted by atomic mass is 32.2. The Labute approximate surface area is 137 Å². The first-order chi connectivity index (χ1) is 10.7. The van der Waals surface area contributed by atoms with Gasteiger partial charge in [-0.3, -0.25) is 0 Å². The van der Waals surface area contributed by atoms with E-state index in [1.54, 1.807) is 19.1 Å². The predicted molar refractivity (Wildman–Crippen MR) is 91.2 cm³/mol. The average molecular weight is 335 g/mol. The van der Waals surface area contributed by atoms with Crippen LogP contribution in [-0.2, 0) is 15.8 Å². The normalized spacial score (nSPS) is 13.1. The number of rotatable bonds is 5. The first kappa shape index (κ1) is 17.6. The van der Waals surface area contributed by atoms with Crippen LogP contribution in [0.5, 0.6) is 0 Å². The van der Waals surface area contributed by atoms with Gasteiger partial charge < -0.3 is 0 Å². The maximum Gasteiger partial charge on any atom is 0.216 e. The Morgan fingerprint density at radius 3 is 2.30 bits per heavy atom. The molecule has 23 heavy (non-hydrogen) atoms. The highest BCUT2D eigenvalue weighted by Crippen LogP contribution is 2.23. The Morgan fingerprint density at radius 1 is 1.04 bits per heavy atom. The Balaban J connectivity index is 2.20. The van der Waals surface area contributed by atoms with Gasteiger partial charge in [0.05, 0.1) is 5.75 Å². The zero-order chi connectivity index (χ0) is 17.2. The lowest BCUT2D eigenvalue weighted by Crippen LogP contribution is -2.29. The molecule has 0 saturated carbocycles. The topological polar surface area (TPSA) is 46.2 Å². The molecule has 124 valence electrons. The quantitative estimate of drug-likeness (QED) is 0.900. The van der Waals surface area contributed by atoms with Crippen molar-refractivity contribution in [2.75, 3.05) is 0 Å². The summed E-state index contributed by atoms with van der Waals surface area (Å²) in [7, 11) is -3.63. The van der Waals surface area contributed by atoms with E-state index in [2.05, 4.69) is 4.72 Å². The smallest absolute Gasteiger partial charge is 0.212 e. The fraction of sp³-hybridized carbons (Fsp3) is 0.333. The standard InChI is InChI=1S/C18H22FNO2S/c1-12-9-14(3)17(10-13(12)2)15(4)20-23(21,22)11-16-7-5-6-8-18(16)19/h5-10,15,20H,11H2,1-4H3. The fourth-order valence-corrected chi connectivity index (χ4v) is 4.04. The number of hydrogen-bond acceptors (Lipinski definition) is 2. The van der Waals surface area contributed by atoms with Crippen molar-refractivity contribution in [2.45, 2.75) is 39.5 Å². The molecule has 0 aliphatic carbocycles. The molecule has 2 aromatic carbocycles. The predicted octanol–water partition coefficient (Wildman–Crippen LogP) is 3.93. The van der Waals surface area contributed by atoms with Crippen LogP contribution in [0, 0.1) is 26.6 Å². The van der Waals surface area contributed by atoms with Crippen molar-refractivity contribution < 1.29 is 12.8 Å².